The maximum Gasteiger partial charge on any atom is 0.419 e. The molecule has 1 N–H and O–H groups in total. The van der Waals surface area contributed by atoms with Gasteiger partial charge in [-0.05, 0) is 37.5 Å². The normalized spacial score (nSPS) is 13.7. The summed E-state index contributed by atoms with van der Waals surface area (Å²) in [5.74, 6) is -0.719. The molecule has 0 radical (unpaired) electrons. The van der Waals surface area contributed by atoms with Crippen molar-refractivity contribution in [2.45, 2.75) is 32.2 Å². The Morgan fingerprint density at radius 2 is 1.93 bits per heavy atom. The summed E-state index contributed by atoms with van der Waals surface area (Å²) in [6, 6.07) is 11.8. The van der Waals surface area contributed by atoms with Gasteiger partial charge in [-0.2, -0.15) is 0 Å². The lowest BCUT2D eigenvalue weighted by Gasteiger charge is -2.21. The number of para-hydroxylation sites is 2. The predicted octanol–water partition coefficient (Wildman–Crippen LogP) is 3.52. The number of nitro groups is 1. The first-order chi connectivity index (χ1) is 14.5. The lowest BCUT2D eigenvalue weighted by Crippen LogP contribution is -2.21. The van der Waals surface area contributed by atoms with Crippen LogP contribution in [0.25, 0.3) is 11.1 Å². The van der Waals surface area contributed by atoms with Crippen molar-refractivity contribution in [1.29, 1.82) is 0 Å². The van der Waals surface area contributed by atoms with E-state index in [1.165, 1.54) is 22.8 Å². The quantitative estimate of drug-likeness (QED) is 0.471. The average Bonchev–Trinajstić information content (AvgIpc) is 3.36. The number of amides is 1. The number of fused-ring (bicyclic) bond motifs is 1. The summed E-state index contributed by atoms with van der Waals surface area (Å²) in [7, 11) is 0. The molecule has 30 heavy (non-hydrogen) atoms. The third-order valence-corrected chi connectivity index (χ3v) is 5.27. The Balaban J connectivity index is 1.39. The fourth-order valence-corrected chi connectivity index (χ4v) is 3.80. The van der Waals surface area contributed by atoms with Gasteiger partial charge in [0.25, 0.3) is 5.69 Å². The van der Waals surface area contributed by atoms with Gasteiger partial charge in [0.05, 0.1) is 27.9 Å². The molecule has 1 fully saturated rings. The number of oxazole rings is 1. The molecule has 1 aliphatic rings. The molecule has 1 aromatic heterocycles. The number of benzene rings is 2. The second-order valence-electron chi connectivity index (χ2n) is 7.29. The van der Waals surface area contributed by atoms with Crippen molar-refractivity contribution in [3.8, 4) is 0 Å². The molecule has 1 amide bonds. The SMILES string of the molecule is O=C(CCCn1c(=O)oc2cc([N+](=O)[O-])ccc21)Nc1ccccc1N1CCCC1. The summed E-state index contributed by atoms with van der Waals surface area (Å²) >= 11 is 0. The molecule has 0 bridgehead atoms. The Kier molecular flexibility index (Phi) is 5.51. The highest BCUT2D eigenvalue weighted by Crippen LogP contribution is 2.28. The van der Waals surface area contributed by atoms with Gasteiger partial charge < -0.3 is 14.6 Å². The van der Waals surface area contributed by atoms with Crippen LogP contribution < -0.4 is 16.0 Å². The second kappa shape index (κ2) is 8.40. The second-order valence-corrected chi connectivity index (χ2v) is 7.29. The van der Waals surface area contributed by atoms with Crippen molar-refractivity contribution in [2.24, 2.45) is 0 Å². The van der Waals surface area contributed by atoms with Crippen LogP contribution in [0.5, 0.6) is 0 Å². The van der Waals surface area contributed by atoms with E-state index in [0.717, 1.165) is 37.3 Å². The Morgan fingerprint density at radius 1 is 1.17 bits per heavy atom. The number of nitrogens with one attached hydrogen (secondary N) is 1. The van der Waals surface area contributed by atoms with Gasteiger partial charge in [0, 0.05) is 32.1 Å². The summed E-state index contributed by atoms with van der Waals surface area (Å²) in [6.07, 6.45) is 2.97. The van der Waals surface area contributed by atoms with Crippen LogP contribution in [-0.2, 0) is 11.3 Å². The summed E-state index contributed by atoms with van der Waals surface area (Å²) in [6.45, 7) is 2.26. The number of rotatable bonds is 7. The van der Waals surface area contributed by atoms with Crippen LogP contribution >= 0.6 is 0 Å². The minimum Gasteiger partial charge on any atom is -0.407 e. The molecule has 3 aromatic rings. The number of nitrogens with zero attached hydrogens (tertiary/aromatic N) is 3. The van der Waals surface area contributed by atoms with Crippen molar-refractivity contribution in [3.05, 3.63) is 63.1 Å². The minimum atomic E-state index is -0.592. The molecule has 2 aromatic carbocycles. The molecule has 156 valence electrons. The van der Waals surface area contributed by atoms with Gasteiger partial charge in [-0.3, -0.25) is 19.5 Å². The van der Waals surface area contributed by atoms with Crippen LogP contribution in [0.3, 0.4) is 0 Å². The molecule has 1 aliphatic heterocycles. The number of nitro benzene ring substituents is 1. The van der Waals surface area contributed by atoms with E-state index in [-0.39, 0.29) is 30.1 Å². The van der Waals surface area contributed by atoms with Crippen molar-refractivity contribution in [3.63, 3.8) is 0 Å². The van der Waals surface area contributed by atoms with E-state index in [1.807, 2.05) is 24.3 Å². The van der Waals surface area contributed by atoms with Gasteiger partial charge in [0.1, 0.15) is 0 Å². The Hall–Kier alpha value is -3.62. The first kappa shape index (κ1) is 19.7. The Morgan fingerprint density at radius 3 is 2.70 bits per heavy atom. The highest BCUT2D eigenvalue weighted by molar-refractivity contribution is 5.94. The molecular formula is C21H22N4O5. The molecule has 0 aliphatic carbocycles. The topological polar surface area (TPSA) is 111 Å². The van der Waals surface area contributed by atoms with Crippen molar-refractivity contribution >= 4 is 34.1 Å². The van der Waals surface area contributed by atoms with Gasteiger partial charge in [0.15, 0.2) is 5.58 Å². The molecule has 4 rings (SSSR count). The van der Waals surface area contributed by atoms with Gasteiger partial charge in [-0.25, -0.2) is 4.79 Å². The highest BCUT2D eigenvalue weighted by Gasteiger charge is 2.17. The molecule has 1 saturated heterocycles. The van der Waals surface area contributed by atoms with Gasteiger partial charge >= 0.3 is 5.76 Å². The zero-order chi connectivity index (χ0) is 21.1. The van der Waals surface area contributed by atoms with E-state index in [9.17, 15) is 19.7 Å². The maximum absolute atomic E-state index is 12.5. The van der Waals surface area contributed by atoms with Crippen LogP contribution in [0.1, 0.15) is 25.7 Å². The number of non-ortho nitro benzene ring substituents is 1. The van der Waals surface area contributed by atoms with E-state index in [4.69, 9.17) is 4.42 Å². The fraction of sp³-hybridized carbons (Fsp3) is 0.333. The minimum absolute atomic E-state index is 0.127. The highest BCUT2D eigenvalue weighted by atomic mass is 16.6. The third-order valence-electron chi connectivity index (χ3n) is 5.27. The van der Waals surface area contributed by atoms with E-state index in [0.29, 0.717) is 11.9 Å². The smallest absolute Gasteiger partial charge is 0.407 e. The molecule has 0 spiro atoms. The summed E-state index contributed by atoms with van der Waals surface area (Å²) < 4.78 is 6.51. The van der Waals surface area contributed by atoms with Crippen LogP contribution in [-0.4, -0.2) is 28.5 Å². The maximum atomic E-state index is 12.5. The monoisotopic (exact) mass is 410 g/mol. The van der Waals surface area contributed by atoms with E-state index in [2.05, 4.69) is 10.2 Å². The number of aromatic nitrogens is 1. The largest absolute Gasteiger partial charge is 0.419 e. The van der Waals surface area contributed by atoms with E-state index in [1.54, 1.807) is 0 Å². The fourth-order valence-electron chi connectivity index (χ4n) is 3.80. The van der Waals surface area contributed by atoms with Gasteiger partial charge in [-0.1, -0.05) is 12.1 Å². The molecule has 0 saturated carbocycles. The standard InChI is InChI=1S/C21H22N4O5/c26-20(22-16-6-1-2-7-17(16)23-11-3-4-12-23)8-5-13-24-18-10-9-15(25(28)29)14-19(18)30-21(24)27/h1-2,6-7,9-10,14H,3-5,8,11-13H2,(H,22,26). The lowest BCUT2D eigenvalue weighted by atomic mass is 10.2. The van der Waals surface area contributed by atoms with E-state index < -0.39 is 10.7 Å². The molecule has 9 heteroatoms. The van der Waals surface area contributed by atoms with Gasteiger partial charge in [0.2, 0.25) is 5.91 Å². The molecule has 0 unspecified atom stereocenters. The summed E-state index contributed by atoms with van der Waals surface area (Å²) in [4.78, 5) is 37.2. The van der Waals surface area contributed by atoms with Gasteiger partial charge in [-0.15, -0.1) is 0 Å². The Labute approximate surface area is 172 Å². The van der Waals surface area contributed by atoms with Crippen molar-refractivity contribution < 1.29 is 14.1 Å². The zero-order valence-electron chi connectivity index (χ0n) is 16.4. The number of carbonyl (C=O) groups excluding carboxylic acids is 1. The first-order valence-corrected chi connectivity index (χ1v) is 9.94. The number of anilines is 2. The summed E-state index contributed by atoms with van der Waals surface area (Å²) in [5, 5.41) is 13.8. The molecule has 9 nitrogen and oxygen atoms in total. The number of hydrogen-bond donors (Lipinski definition) is 1. The molecule has 0 atom stereocenters. The summed E-state index contributed by atoms with van der Waals surface area (Å²) in [5.41, 5.74) is 2.33. The zero-order valence-corrected chi connectivity index (χ0v) is 16.4. The van der Waals surface area contributed by atoms with Crippen LogP contribution in [0.4, 0.5) is 17.1 Å². The molecule has 2 heterocycles. The first-order valence-electron chi connectivity index (χ1n) is 9.94. The van der Waals surface area contributed by atoms with Crippen LogP contribution in [0.2, 0.25) is 0 Å². The predicted molar refractivity (Wildman–Crippen MR) is 113 cm³/mol. The Bertz CT molecular complexity index is 1140. The van der Waals surface area contributed by atoms with E-state index >= 15 is 0 Å². The third kappa shape index (κ3) is 4.05. The average molecular weight is 410 g/mol. The number of aryl methyl sites for hydroxylation is 1. The number of carbonyl (C=O) groups is 1. The number of hydrogen-bond acceptors (Lipinski definition) is 6. The van der Waals surface area contributed by atoms with Crippen molar-refractivity contribution in [1.82, 2.24) is 4.57 Å². The van der Waals surface area contributed by atoms with Crippen molar-refractivity contribution in [2.75, 3.05) is 23.3 Å². The van der Waals surface area contributed by atoms with Crippen LogP contribution in [0.15, 0.2) is 51.7 Å². The van der Waals surface area contributed by atoms with Crippen LogP contribution in [0, 0.1) is 10.1 Å². The lowest BCUT2D eigenvalue weighted by molar-refractivity contribution is -0.384. The molecular weight excluding hydrogens is 388 g/mol.